The normalized spacial score (nSPS) is 13.4. The minimum Gasteiger partial charge on any atom is -0.336 e. The lowest BCUT2D eigenvalue weighted by molar-refractivity contribution is -0.137. The summed E-state index contributed by atoms with van der Waals surface area (Å²) < 4.78 is 40.2. The number of aromatic nitrogens is 2. The maximum Gasteiger partial charge on any atom is 0.416 e. The van der Waals surface area contributed by atoms with Crippen molar-refractivity contribution in [2.45, 2.75) is 25.6 Å². The summed E-state index contributed by atoms with van der Waals surface area (Å²) in [7, 11) is 1.87. The number of imidazole rings is 1. The molecule has 0 saturated carbocycles. The van der Waals surface area contributed by atoms with Gasteiger partial charge in [0.05, 0.1) is 23.6 Å². The van der Waals surface area contributed by atoms with Crippen LogP contribution < -0.4 is 5.32 Å². The molecule has 3 nitrogen and oxygen atoms in total. The van der Waals surface area contributed by atoms with Crippen molar-refractivity contribution in [2.24, 2.45) is 7.05 Å². The molecular weight excluding hydrogens is 279 g/mol. The Morgan fingerprint density at radius 2 is 2.10 bits per heavy atom. The van der Waals surface area contributed by atoms with E-state index in [-0.39, 0.29) is 6.04 Å². The van der Waals surface area contributed by atoms with E-state index in [1.807, 2.05) is 18.5 Å². The fraction of sp³-hybridized carbons (Fsp3) is 0.400. The van der Waals surface area contributed by atoms with Crippen molar-refractivity contribution in [1.29, 1.82) is 0 Å². The summed E-state index contributed by atoms with van der Waals surface area (Å²) in [5.74, 6) is 0. The van der Waals surface area contributed by atoms with Crippen molar-refractivity contribution in [1.82, 2.24) is 14.9 Å². The highest BCUT2D eigenvalue weighted by Gasteiger charge is 2.30. The monoisotopic (exact) mass is 297 g/mol. The molecule has 6 heteroatoms. The Kier molecular flexibility index (Phi) is 4.67. The third-order valence-corrected chi connectivity index (χ3v) is 3.36. The zero-order valence-electron chi connectivity index (χ0n) is 12.0. The molecule has 2 aromatic rings. The Balaban J connectivity index is 2.24. The molecule has 0 radical (unpaired) electrons. The van der Waals surface area contributed by atoms with Gasteiger partial charge in [0.25, 0.3) is 0 Å². The van der Waals surface area contributed by atoms with E-state index < -0.39 is 11.7 Å². The number of alkyl halides is 3. The van der Waals surface area contributed by atoms with Crippen LogP contribution in [0.1, 0.15) is 29.8 Å². The van der Waals surface area contributed by atoms with Crippen LogP contribution in [0.4, 0.5) is 13.2 Å². The molecule has 1 N–H and O–H groups in total. The second-order valence-electron chi connectivity index (χ2n) is 4.94. The number of halogens is 3. The predicted octanol–water partition coefficient (Wildman–Crippen LogP) is 3.33. The topological polar surface area (TPSA) is 29.9 Å². The number of hydrogen-bond donors (Lipinski definition) is 1. The fourth-order valence-electron chi connectivity index (χ4n) is 2.34. The number of hydrogen-bond acceptors (Lipinski definition) is 2. The Bertz CT molecular complexity index is 590. The Hall–Kier alpha value is -1.82. The Labute approximate surface area is 121 Å². The van der Waals surface area contributed by atoms with E-state index in [1.165, 1.54) is 12.1 Å². The molecule has 1 heterocycles. The van der Waals surface area contributed by atoms with E-state index in [0.717, 1.165) is 18.3 Å². The third-order valence-electron chi connectivity index (χ3n) is 3.36. The fourth-order valence-corrected chi connectivity index (χ4v) is 2.34. The van der Waals surface area contributed by atoms with E-state index >= 15 is 0 Å². The third kappa shape index (κ3) is 3.85. The maximum absolute atomic E-state index is 12.8. The average molecular weight is 297 g/mol. The second-order valence-corrected chi connectivity index (χ2v) is 4.94. The maximum atomic E-state index is 12.8. The van der Waals surface area contributed by atoms with Crippen LogP contribution >= 0.6 is 0 Å². The number of likely N-dealkylation sites (N-methyl/N-ethyl adjacent to an activating group) is 1. The van der Waals surface area contributed by atoms with Gasteiger partial charge in [0.1, 0.15) is 0 Å². The summed E-state index contributed by atoms with van der Waals surface area (Å²) in [6.45, 7) is 2.70. The minimum absolute atomic E-state index is 0.0639. The van der Waals surface area contributed by atoms with Crippen molar-refractivity contribution in [3.63, 3.8) is 0 Å². The van der Waals surface area contributed by atoms with Gasteiger partial charge in [-0.15, -0.1) is 0 Å². The summed E-state index contributed by atoms with van der Waals surface area (Å²) in [6.07, 6.45) is -0.403. The largest absolute Gasteiger partial charge is 0.416 e. The highest BCUT2D eigenvalue weighted by molar-refractivity contribution is 5.27. The lowest BCUT2D eigenvalue weighted by Crippen LogP contribution is -2.25. The molecule has 0 bridgehead atoms. The smallest absolute Gasteiger partial charge is 0.336 e. The molecule has 2 rings (SSSR count). The molecule has 1 aromatic carbocycles. The quantitative estimate of drug-likeness (QED) is 0.917. The first-order chi connectivity index (χ1) is 9.91. The highest BCUT2D eigenvalue weighted by Crippen LogP contribution is 2.30. The molecule has 0 aliphatic rings. The molecule has 0 spiro atoms. The lowest BCUT2D eigenvalue weighted by Gasteiger charge is -2.19. The van der Waals surface area contributed by atoms with Gasteiger partial charge in [-0.25, -0.2) is 4.98 Å². The first-order valence-electron chi connectivity index (χ1n) is 6.77. The van der Waals surface area contributed by atoms with E-state index in [1.54, 1.807) is 18.6 Å². The highest BCUT2D eigenvalue weighted by atomic mass is 19.4. The van der Waals surface area contributed by atoms with Gasteiger partial charge in [-0.05, 0) is 24.6 Å². The Morgan fingerprint density at radius 1 is 1.33 bits per heavy atom. The SMILES string of the molecule is CCNC(Cc1cccc(C(F)(F)F)c1)c1cncn1C. The molecule has 0 amide bonds. The van der Waals surface area contributed by atoms with Gasteiger partial charge in [-0.1, -0.05) is 25.1 Å². The summed E-state index contributed by atoms with van der Waals surface area (Å²) in [6, 6.07) is 5.41. The zero-order valence-corrected chi connectivity index (χ0v) is 12.0. The molecule has 1 aromatic heterocycles. The zero-order chi connectivity index (χ0) is 15.5. The number of nitrogens with one attached hydrogen (secondary N) is 1. The molecule has 0 saturated heterocycles. The van der Waals surface area contributed by atoms with Crippen LogP contribution in [0, 0.1) is 0 Å². The van der Waals surface area contributed by atoms with Crippen molar-refractivity contribution in [2.75, 3.05) is 6.54 Å². The first-order valence-corrected chi connectivity index (χ1v) is 6.77. The standard InChI is InChI=1S/C15H18F3N3/c1-3-20-13(14-9-19-10-21(14)2)8-11-5-4-6-12(7-11)15(16,17)18/h4-7,9-10,13,20H,3,8H2,1-2H3. The van der Waals surface area contributed by atoms with Crippen molar-refractivity contribution in [3.05, 3.63) is 53.6 Å². The molecule has 1 atom stereocenters. The van der Waals surface area contributed by atoms with Crippen LogP contribution in [0.2, 0.25) is 0 Å². The number of rotatable bonds is 5. The van der Waals surface area contributed by atoms with Crippen LogP contribution in [-0.2, 0) is 19.6 Å². The number of benzene rings is 1. The summed E-state index contributed by atoms with van der Waals surface area (Å²) in [4.78, 5) is 4.07. The van der Waals surface area contributed by atoms with Crippen LogP contribution in [0.3, 0.4) is 0 Å². The van der Waals surface area contributed by atoms with Crippen LogP contribution in [0.5, 0.6) is 0 Å². The van der Waals surface area contributed by atoms with E-state index in [2.05, 4.69) is 10.3 Å². The van der Waals surface area contributed by atoms with Crippen molar-refractivity contribution >= 4 is 0 Å². The summed E-state index contributed by atoms with van der Waals surface area (Å²) >= 11 is 0. The predicted molar refractivity (Wildman–Crippen MR) is 74.8 cm³/mol. The van der Waals surface area contributed by atoms with E-state index in [0.29, 0.717) is 12.0 Å². The van der Waals surface area contributed by atoms with Gasteiger partial charge < -0.3 is 9.88 Å². The second kappa shape index (κ2) is 6.30. The number of aryl methyl sites for hydroxylation is 1. The van der Waals surface area contributed by atoms with Crippen molar-refractivity contribution < 1.29 is 13.2 Å². The summed E-state index contributed by atoms with van der Waals surface area (Å²) in [5, 5.41) is 3.29. The average Bonchev–Trinajstić information content (AvgIpc) is 2.84. The van der Waals surface area contributed by atoms with Gasteiger partial charge in [0.15, 0.2) is 0 Å². The molecule has 21 heavy (non-hydrogen) atoms. The van der Waals surface area contributed by atoms with Crippen LogP contribution in [0.25, 0.3) is 0 Å². The van der Waals surface area contributed by atoms with Gasteiger partial charge in [0, 0.05) is 13.2 Å². The summed E-state index contributed by atoms with van der Waals surface area (Å²) in [5.41, 5.74) is 0.992. The van der Waals surface area contributed by atoms with Gasteiger partial charge in [-0.2, -0.15) is 13.2 Å². The first kappa shape index (κ1) is 15.6. The molecule has 114 valence electrons. The molecule has 1 unspecified atom stereocenters. The molecular formula is C15H18F3N3. The van der Waals surface area contributed by atoms with Crippen LogP contribution in [0.15, 0.2) is 36.8 Å². The molecule has 0 aliphatic carbocycles. The lowest BCUT2D eigenvalue weighted by atomic mass is 10.0. The molecule has 0 aliphatic heterocycles. The van der Waals surface area contributed by atoms with E-state index in [9.17, 15) is 13.2 Å². The minimum atomic E-state index is -4.31. The van der Waals surface area contributed by atoms with Gasteiger partial charge in [-0.3, -0.25) is 0 Å². The Morgan fingerprint density at radius 3 is 2.67 bits per heavy atom. The molecule has 0 fully saturated rings. The van der Waals surface area contributed by atoms with Gasteiger partial charge in [0.2, 0.25) is 0 Å². The van der Waals surface area contributed by atoms with Gasteiger partial charge >= 0.3 is 6.18 Å². The van der Waals surface area contributed by atoms with Crippen molar-refractivity contribution in [3.8, 4) is 0 Å². The van der Waals surface area contributed by atoms with Crippen LogP contribution in [-0.4, -0.2) is 16.1 Å². The number of nitrogens with zero attached hydrogens (tertiary/aromatic N) is 2. The van der Waals surface area contributed by atoms with E-state index in [4.69, 9.17) is 0 Å².